The smallest absolute Gasteiger partial charge is 0.416 e. The lowest BCUT2D eigenvalue weighted by atomic mass is 10.0. The minimum absolute atomic E-state index is 0.00512. The van der Waals surface area contributed by atoms with Gasteiger partial charge >= 0.3 is 12.1 Å². The Hall–Kier alpha value is -3.95. The van der Waals surface area contributed by atoms with Crippen LogP contribution in [0.3, 0.4) is 0 Å². The van der Waals surface area contributed by atoms with E-state index in [1.807, 2.05) is 0 Å². The highest BCUT2D eigenvalue weighted by atomic mass is 35.5. The molecule has 0 saturated carbocycles. The average molecular weight is 720 g/mol. The van der Waals surface area contributed by atoms with Crippen LogP contribution in [0.15, 0.2) is 65.6 Å². The van der Waals surface area contributed by atoms with Gasteiger partial charge in [0.05, 0.1) is 29.2 Å². The molecule has 252 valence electrons. The van der Waals surface area contributed by atoms with Gasteiger partial charge in [-0.15, -0.1) is 0 Å². The zero-order chi connectivity index (χ0) is 34.4. The number of aromatic carboxylic acids is 1. The predicted octanol–water partition coefficient (Wildman–Crippen LogP) is 6.67. The highest BCUT2D eigenvalue weighted by Crippen LogP contribution is 2.39. The number of morpholine rings is 1. The number of carboxylic acid groups (broad SMARTS) is 1. The van der Waals surface area contributed by atoms with E-state index in [4.69, 9.17) is 38.4 Å². The number of carbonyl (C=O) groups excluding carboxylic acids is 2. The predicted molar refractivity (Wildman–Crippen MR) is 181 cm³/mol. The number of carboxylic acids is 1. The Bertz CT molecular complexity index is 1750. The molecule has 0 bridgehead atoms. The van der Waals surface area contributed by atoms with Gasteiger partial charge in [-0.2, -0.15) is 13.2 Å². The zero-order valence-electron chi connectivity index (χ0n) is 25.2. The molecule has 48 heavy (non-hydrogen) atoms. The molecule has 0 radical (unpaired) electrons. The van der Waals surface area contributed by atoms with Crippen LogP contribution in [-0.4, -0.2) is 83.0 Å². The molecule has 9 nitrogen and oxygen atoms in total. The van der Waals surface area contributed by atoms with Crippen LogP contribution in [0.4, 0.5) is 18.9 Å². The summed E-state index contributed by atoms with van der Waals surface area (Å²) in [5.41, 5.74) is 1.00. The number of nitrogens with zero attached hydrogens (tertiary/aromatic N) is 2. The van der Waals surface area contributed by atoms with Gasteiger partial charge in [0, 0.05) is 54.4 Å². The van der Waals surface area contributed by atoms with Crippen LogP contribution < -0.4 is 10.1 Å². The van der Waals surface area contributed by atoms with Gasteiger partial charge in [-0.3, -0.25) is 19.4 Å². The summed E-state index contributed by atoms with van der Waals surface area (Å²) in [6.45, 7) is 3.82. The molecule has 0 aliphatic carbocycles. The fourth-order valence-corrected chi connectivity index (χ4v) is 6.55. The summed E-state index contributed by atoms with van der Waals surface area (Å²) < 4.78 is 51.5. The van der Waals surface area contributed by atoms with E-state index in [0.717, 1.165) is 37.0 Å². The molecule has 2 fully saturated rings. The molecule has 15 heteroatoms. The molecule has 2 N–H and O–H groups in total. The van der Waals surface area contributed by atoms with Crippen LogP contribution in [0, 0.1) is 0 Å². The number of rotatable bonds is 11. The summed E-state index contributed by atoms with van der Waals surface area (Å²) in [6, 6.07) is 13.9. The molecular weight excluding hydrogens is 691 g/mol. The minimum Gasteiger partial charge on any atom is -0.492 e. The molecule has 2 saturated heterocycles. The number of ether oxygens (including phenoxy) is 2. The quantitative estimate of drug-likeness (QED) is 0.166. The van der Waals surface area contributed by atoms with Crippen molar-refractivity contribution in [2.75, 3.05) is 51.3 Å². The van der Waals surface area contributed by atoms with Gasteiger partial charge in [0.2, 0.25) is 5.91 Å². The normalized spacial score (nSPS) is 16.4. The van der Waals surface area contributed by atoms with E-state index in [1.54, 1.807) is 24.3 Å². The first-order valence-corrected chi connectivity index (χ1v) is 16.3. The number of thiocarbonyl (C=S) groups is 1. The number of alkyl halides is 3. The second-order valence-electron chi connectivity index (χ2n) is 10.8. The number of thioether (sulfide) groups is 1. The SMILES string of the molecule is O=C(CCN1C(=O)C(=Cc2cc(-c3ccc(C(F)(F)F)cc3Cl)ccc2OCCN2CCOCC2)SC1=S)Nc1ccc(C(=O)O)cc1. The molecule has 3 aromatic carbocycles. The number of carbonyl (C=O) groups is 3. The summed E-state index contributed by atoms with van der Waals surface area (Å²) in [5, 5.41) is 11.6. The van der Waals surface area contributed by atoms with Crippen molar-refractivity contribution in [3.8, 4) is 16.9 Å². The molecular formula is C33H29ClF3N3O6S2. The largest absolute Gasteiger partial charge is 0.492 e. The van der Waals surface area contributed by atoms with Crippen LogP contribution in [0.5, 0.6) is 5.75 Å². The third-order valence-electron chi connectivity index (χ3n) is 7.52. The third kappa shape index (κ3) is 8.94. The molecule has 2 heterocycles. The number of hydrogen-bond acceptors (Lipinski definition) is 8. The van der Waals surface area contributed by atoms with Crippen LogP contribution >= 0.6 is 35.6 Å². The maximum Gasteiger partial charge on any atom is 0.416 e. The molecule has 2 amide bonds. The van der Waals surface area contributed by atoms with Crippen molar-refractivity contribution < 1.29 is 42.1 Å². The average Bonchev–Trinajstić information content (AvgIpc) is 3.32. The van der Waals surface area contributed by atoms with Crippen molar-refractivity contribution in [3.63, 3.8) is 0 Å². The topological polar surface area (TPSA) is 108 Å². The number of anilines is 1. The Morgan fingerprint density at radius 1 is 1.06 bits per heavy atom. The van der Waals surface area contributed by atoms with E-state index >= 15 is 0 Å². The molecule has 2 aliphatic heterocycles. The second kappa shape index (κ2) is 15.5. The lowest BCUT2D eigenvalue weighted by Crippen LogP contribution is -2.38. The monoisotopic (exact) mass is 719 g/mol. The van der Waals surface area contributed by atoms with Gasteiger partial charge in [0.15, 0.2) is 0 Å². The highest BCUT2D eigenvalue weighted by Gasteiger charge is 2.33. The third-order valence-corrected chi connectivity index (χ3v) is 9.21. The molecule has 0 aromatic heterocycles. The zero-order valence-corrected chi connectivity index (χ0v) is 27.6. The van der Waals surface area contributed by atoms with Crippen molar-refractivity contribution in [1.82, 2.24) is 9.80 Å². The molecule has 3 aromatic rings. The van der Waals surface area contributed by atoms with Gasteiger partial charge in [-0.05, 0) is 60.2 Å². The van der Waals surface area contributed by atoms with E-state index < -0.39 is 29.5 Å². The van der Waals surface area contributed by atoms with Crippen LogP contribution in [0.2, 0.25) is 5.02 Å². The molecule has 0 unspecified atom stereocenters. The lowest BCUT2D eigenvalue weighted by Gasteiger charge is -2.26. The second-order valence-corrected chi connectivity index (χ2v) is 12.8. The van der Waals surface area contributed by atoms with Gasteiger partial charge in [0.25, 0.3) is 5.91 Å². The number of halogens is 4. The van der Waals surface area contributed by atoms with Crippen molar-refractivity contribution in [3.05, 3.63) is 87.3 Å². The van der Waals surface area contributed by atoms with E-state index in [9.17, 15) is 27.6 Å². The number of nitrogens with one attached hydrogen (secondary N) is 1. The maximum atomic E-state index is 13.4. The van der Waals surface area contributed by atoms with Crippen molar-refractivity contribution in [2.45, 2.75) is 12.6 Å². The summed E-state index contributed by atoms with van der Waals surface area (Å²) in [5.74, 6) is -1.44. The summed E-state index contributed by atoms with van der Waals surface area (Å²) in [4.78, 5) is 40.9. The summed E-state index contributed by atoms with van der Waals surface area (Å²) in [7, 11) is 0. The Balaban J connectivity index is 1.33. The fourth-order valence-electron chi connectivity index (χ4n) is 4.96. The summed E-state index contributed by atoms with van der Waals surface area (Å²) >= 11 is 12.8. The van der Waals surface area contributed by atoms with Crippen molar-refractivity contribution >= 4 is 69.4 Å². The Labute approximate surface area is 288 Å². The number of hydrogen-bond donors (Lipinski definition) is 2. The Morgan fingerprint density at radius 3 is 2.46 bits per heavy atom. The minimum atomic E-state index is -4.55. The van der Waals surface area contributed by atoms with Crippen molar-refractivity contribution in [2.24, 2.45) is 0 Å². The standard InChI is InChI=1S/C33H29ClF3N3O6S2/c34-26-19-23(33(35,36)37)4-7-25(26)21-3-8-27(46-16-13-39-11-14-45-15-12-39)22(17-21)18-28-30(42)40(32(47)48-28)10-9-29(41)38-24-5-1-20(2-6-24)31(43)44/h1-8,17-19H,9-16H2,(H,38,41)(H,43,44). The van der Waals surface area contributed by atoms with Gasteiger partial charge in [0.1, 0.15) is 16.7 Å². The van der Waals surface area contributed by atoms with E-state index in [0.29, 0.717) is 54.5 Å². The molecule has 2 aliphatic rings. The number of benzene rings is 3. The first-order valence-electron chi connectivity index (χ1n) is 14.7. The first-order chi connectivity index (χ1) is 22.9. The maximum absolute atomic E-state index is 13.4. The van der Waals surface area contributed by atoms with Crippen LogP contribution in [0.1, 0.15) is 27.9 Å². The first kappa shape index (κ1) is 35.4. The Kier molecular flexibility index (Phi) is 11.4. The van der Waals surface area contributed by atoms with Crippen LogP contribution in [0.25, 0.3) is 17.2 Å². The van der Waals surface area contributed by atoms with Gasteiger partial charge in [-0.1, -0.05) is 47.7 Å². The fraction of sp³-hybridized carbons (Fsp3) is 0.273. The summed E-state index contributed by atoms with van der Waals surface area (Å²) in [6.07, 6.45) is -3.01. The number of amides is 2. The molecule has 0 atom stereocenters. The molecule has 0 spiro atoms. The lowest BCUT2D eigenvalue weighted by molar-refractivity contribution is -0.137. The molecule has 5 rings (SSSR count). The van der Waals surface area contributed by atoms with E-state index in [-0.39, 0.29) is 32.8 Å². The van der Waals surface area contributed by atoms with E-state index in [1.165, 1.54) is 35.2 Å². The van der Waals surface area contributed by atoms with Crippen molar-refractivity contribution in [1.29, 1.82) is 0 Å². The van der Waals surface area contributed by atoms with Gasteiger partial charge in [-0.25, -0.2) is 4.79 Å². The van der Waals surface area contributed by atoms with Gasteiger partial charge < -0.3 is 19.9 Å². The van der Waals surface area contributed by atoms with Crippen LogP contribution in [-0.2, 0) is 20.5 Å². The Morgan fingerprint density at radius 2 is 1.79 bits per heavy atom. The van der Waals surface area contributed by atoms with E-state index in [2.05, 4.69) is 10.2 Å². The highest BCUT2D eigenvalue weighted by molar-refractivity contribution is 8.26.